The first-order chi connectivity index (χ1) is 9.31. The van der Waals surface area contributed by atoms with Gasteiger partial charge >= 0.3 is 5.97 Å². The van der Waals surface area contributed by atoms with Crippen molar-refractivity contribution in [3.05, 3.63) is 29.3 Å². The summed E-state index contributed by atoms with van der Waals surface area (Å²) in [7, 11) is 0. The topological polar surface area (TPSA) is 83.6 Å². The Hall–Kier alpha value is -1.59. The Balaban J connectivity index is 2.96. The number of carboxylic acid groups (broad SMARTS) is 1. The largest absolute Gasteiger partial charge is 0.480 e. The molecule has 0 fully saturated rings. The van der Waals surface area contributed by atoms with E-state index in [-0.39, 0.29) is 5.92 Å². The second kappa shape index (κ2) is 7.26. The molecule has 0 aliphatic rings. The van der Waals surface area contributed by atoms with Gasteiger partial charge in [-0.15, -0.1) is 0 Å². The monoisotopic (exact) mass is 298 g/mol. The fraction of sp³-hybridized carbons (Fsp3) is 0.429. The first-order valence-electron chi connectivity index (χ1n) is 6.35. The number of carboxylic acids is 1. The Morgan fingerprint density at radius 2 is 1.85 bits per heavy atom. The number of benzene rings is 1. The molecule has 0 bridgehead atoms. The summed E-state index contributed by atoms with van der Waals surface area (Å²) in [4.78, 5) is 24.4. The number of carbonyl (C=O) groups is 2. The highest BCUT2D eigenvalue weighted by Gasteiger charge is 2.24. The number of hydrogen-bond donors (Lipinski definition) is 2. The molecule has 0 aliphatic carbocycles. The Morgan fingerprint density at radius 1 is 1.30 bits per heavy atom. The molecule has 0 unspecified atom stereocenters. The molecular formula is C14H19ClN2O3. The molecule has 0 heterocycles. The normalized spacial score (nSPS) is 12.2. The summed E-state index contributed by atoms with van der Waals surface area (Å²) in [6.07, 6.45) is 0.503. The zero-order chi connectivity index (χ0) is 15.3. The van der Waals surface area contributed by atoms with Gasteiger partial charge in [-0.2, -0.15) is 0 Å². The molecule has 5 nitrogen and oxygen atoms in total. The molecule has 0 saturated heterocycles. The molecule has 1 aromatic carbocycles. The highest BCUT2D eigenvalue weighted by atomic mass is 35.5. The zero-order valence-corrected chi connectivity index (χ0v) is 12.3. The molecule has 0 aromatic heterocycles. The minimum Gasteiger partial charge on any atom is -0.480 e. The van der Waals surface area contributed by atoms with E-state index < -0.39 is 24.5 Å². The lowest BCUT2D eigenvalue weighted by Crippen LogP contribution is -2.46. The van der Waals surface area contributed by atoms with Crippen LogP contribution in [0, 0.1) is 5.92 Å². The average molecular weight is 299 g/mol. The predicted octanol–water partition coefficient (Wildman–Crippen LogP) is 2.13. The van der Waals surface area contributed by atoms with Crippen molar-refractivity contribution in [3.63, 3.8) is 0 Å². The third kappa shape index (κ3) is 4.83. The van der Waals surface area contributed by atoms with Crippen LogP contribution >= 0.6 is 11.6 Å². The standard InChI is InChI=1S/C14H19ClN2O3/c1-9(2)7-12(16)14(20)17(8-13(18)19)11-5-3-10(15)4-6-11/h3-6,9,12H,7-8,16H2,1-2H3,(H,18,19)/t12-/m0/s1. The fourth-order valence-corrected chi connectivity index (χ4v) is 1.99. The van der Waals surface area contributed by atoms with Crippen molar-refractivity contribution in [2.75, 3.05) is 11.4 Å². The van der Waals surface area contributed by atoms with E-state index in [2.05, 4.69) is 0 Å². The van der Waals surface area contributed by atoms with Crippen LogP contribution in [0.3, 0.4) is 0 Å². The van der Waals surface area contributed by atoms with Crippen molar-refractivity contribution in [1.82, 2.24) is 0 Å². The van der Waals surface area contributed by atoms with Crippen molar-refractivity contribution in [1.29, 1.82) is 0 Å². The second-order valence-electron chi connectivity index (χ2n) is 5.03. The summed E-state index contributed by atoms with van der Waals surface area (Å²) in [5, 5.41) is 9.47. The van der Waals surface area contributed by atoms with Crippen LogP contribution in [0.1, 0.15) is 20.3 Å². The Morgan fingerprint density at radius 3 is 2.30 bits per heavy atom. The summed E-state index contributed by atoms with van der Waals surface area (Å²) in [6, 6.07) is 5.70. The summed E-state index contributed by atoms with van der Waals surface area (Å²) in [5.41, 5.74) is 6.32. The van der Waals surface area contributed by atoms with Crippen LogP contribution in [0.5, 0.6) is 0 Å². The lowest BCUT2D eigenvalue weighted by atomic mass is 10.0. The third-order valence-corrected chi connectivity index (χ3v) is 2.99. The van der Waals surface area contributed by atoms with Crippen molar-refractivity contribution in [2.45, 2.75) is 26.3 Å². The number of nitrogens with two attached hydrogens (primary N) is 1. The highest BCUT2D eigenvalue weighted by molar-refractivity contribution is 6.30. The van der Waals surface area contributed by atoms with E-state index in [4.69, 9.17) is 22.4 Å². The molecule has 3 N–H and O–H groups in total. The van der Waals surface area contributed by atoms with E-state index in [1.807, 2.05) is 13.8 Å². The third-order valence-electron chi connectivity index (χ3n) is 2.74. The zero-order valence-electron chi connectivity index (χ0n) is 11.5. The van der Waals surface area contributed by atoms with Gasteiger partial charge in [-0.25, -0.2) is 0 Å². The van der Waals surface area contributed by atoms with Crippen LogP contribution in [0.2, 0.25) is 5.02 Å². The number of aliphatic carboxylic acids is 1. The Bertz CT molecular complexity index is 474. The molecule has 0 spiro atoms. The molecule has 0 aliphatic heterocycles. The van der Waals surface area contributed by atoms with E-state index in [0.717, 1.165) is 0 Å². The number of hydrogen-bond acceptors (Lipinski definition) is 3. The van der Waals surface area contributed by atoms with Gasteiger partial charge in [0.05, 0.1) is 6.04 Å². The van der Waals surface area contributed by atoms with Gasteiger partial charge in [0.15, 0.2) is 0 Å². The van der Waals surface area contributed by atoms with E-state index >= 15 is 0 Å². The van der Waals surface area contributed by atoms with E-state index in [9.17, 15) is 9.59 Å². The first kappa shape index (κ1) is 16.5. The number of anilines is 1. The molecule has 6 heteroatoms. The first-order valence-corrected chi connectivity index (χ1v) is 6.73. The van der Waals surface area contributed by atoms with Gasteiger partial charge in [0.25, 0.3) is 0 Å². The van der Waals surface area contributed by atoms with Crippen LogP contribution in [0.4, 0.5) is 5.69 Å². The molecule has 0 radical (unpaired) electrons. The van der Waals surface area contributed by atoms with E-state index in [1.165, 1.54) is 4.90 Å². The van der Waals surface area contributed by atoms with Crippen molar-refractivity contribution < 1.29 is 14.7 Å². The van der Waals surface area contributed by atoms with Crippen LogP contribution in [-0.2, 0) is 9.59 Å². The van der Waals surface area contributed by atoms with Gasteiger partial charge < -0.3 is 10.8 Å². The predicted molar refractivity (Wildman–Crippen MR) is 78.9 cm³/mol. The van der Waals surface area contributed by atoms with E-state index in [1.54, 1.807) is 24.3 Å². The maximum atomic E-state index is 12.3. The maximum absolute atomic E-state index is 12.3. The molecule has 1 rings (SSSR count). The SMILES string of the molecule is CC(C)C[C@H](N)C(=O)N(CC(=O)O)c1ccc(Cl)cc1. The number of carbonyl (C=O) groups excluding carboxylic acids is 1. The molecular weight excluding hydrogens is 280 g/mol. The average Bonchev–Trinajstić information content (AvgIpc) is 2.35. The number of amides is 1. The van der Waals surface area contributed by atoms with Gasteiger partial charge in [-0.1, -0.05) is 25.4 Å². The Kier molecular flexibility index (Phi) is 5.98. The van der Waals surface area contributed by atoms with Gasteiger partial charge in [-0.05, 0) is 36.6 Å². The van der Waals surface area contributed by atoms with Crippen LogP contribution in [0.15, 0.2) is 24.3 Å². The summed E-state index contributed by atoms with van der Waals surface area (Å²) >= 11 is 5.79. The van der Waals surface area contributed by atoms with Gasteiger partial charge in [-0.3, -0.25) is 14.5 Å². The maximum Gasteiger partial charge on any atom is 0.323 e. The molecule has 1 aromatic rings. The number of rotatable bonds is 6. The van der Waals surface area contributed by atoms with Gasteiger partial charge in [0.1, 0.15) is 6.54 Å². The summed E-state index contributed by atoms with van der Waals surface area (Å²) in [6.45, 7) is 3.49. The quantitative estimate of drug-likeness (QED) is 0.842. The highest BCUT2D eigenvalue weighted by Crippen LogP contribution is 2.19. The molecule has 0 saturated carbocycles. The molecule has 1 atom stereocenters. The van der Waals surface area contributed by atoms with Crippen LogP contribution < -0.4 is 10.6 Å². The lowest BCUT2D eigenvalue weighted by Gasteiger charge is -2.25. The van der Waals surface area contributed by atoms with Crippen molar-refractivity contribution >= 4 is 29.2 Å². The van der Waals surface area contributed by atoms with Crippen LogP contribution in [0.25, 0.3) is 0 Å². The van der Waals surface area contributed by atoms with Gasteiger partial charge in [0, 0.05) is 10.7 Å². The second-order valence-corrected chi connectivity index (χ2v) is 5.47. The molecule has 20 heavy (non-hydrogen) atoms. The fourth-order valence-electron chi connectivity index (χ4n) is 1.86. The molecule has 110 valence electrons. The summed E-state index contributed by atoms with van der Waals surface area (Å²) < 4.78 is 0. The number of halogens is 1. The minimum absolute atomic E-state index is 0.255. The smallest absolute Gasteiger partial charge is 0.323 e. The summed E-state index contributed by atoms with van der Waals surface area (Å²) in [5.74, 6) is -1.24. The van der Waals surface area contributed by atoms with Crippen molar-refractivity contribution in [3.8, 4) is 0 Å². The minimum atomic E-state index is -1.09. The number of nitrogens with zero attached hydrogens (tertiary/aromatic N) is 1. The lowest BCUT2D eigenvalue weighted by molar-refractivity contribution is -0.136. The Labute approximate surface area is 123 Å². The van der Waals surface area contributed by atoms with E-state index in [0.29, 0.717) is 17.1 Å². The molecule has 1 amide bonds. The van der Waals surface area contributed by atoms with Crippen molar-refractivity contribution in [2.24, 2.45) is 11.7 Å². The van der Waals surface area contributed by atoms with Gasteiger partial charge in [0.2, 0.25) is 5.91 Å². The van der Waals surface area contributed by atoms with Crippen LogP contribution in [-0.4, -0.2) is 29.6 Å².